The molecule has 0 spiro atoms. The molecule has 1 N–H and O–H groups in total. The van der Waals surface area contributed by atoms with Gasteiger partial charge >= 0.3 is 0 Å². The number of fused-ring (bicyclic) bond motifs is 1. The quantitative estimate of drug-likeness (QED) is 0.650. The number of imidazole rings is 1. The summed E-state index contributed by atoms with van der Waals surface area (Å²) in [6, 6.07) is 8.65. The summed E-state index contributed by atoms with van der Waals surface area (Å²) in [7, 11) is 0. The predicted molar refractivity (Wildman–Crippen MR) is 73.4 cm³/mol. The highest BCUT2D eigenvalue weighted by Crippen LogP contribution is 2.23. The lowest BCUT2D eigenvalue weighted by Gasteiger charge is -2.05. The summed E-state index contributed by atoms with van der Waals surface area (Å²) in [6.45, 7) is 0. The molecule has 0 atom stereocenters. The van der Waals surface area contributed by atoms with Gasteiger partial charge in [0.25, 0.3) is 0 Å². The van der Waals surface area contributed by atoms with Crippen LogP contribution in [0.1, 0.15) is 0 Å². The van der Waals surface area contributed by atoms with Gasteiger partial charge in [-0.1, -0.05) is 11.6 Å². The maximum atomic E-state index is 13.5. The topological polar surface area (TPSA) is 20.7 Å². The van der Waals surface area contributed by atoms with Gasteiger partial charge < -0.3 is 4.98 Å². The number of nitrogens with one attached hydrogen (secondary N) is 1. The number of aromatic amines is 1. The van der Waals surface area contributed by atoms with Gasteiger partial charge in [0.1, 0.15) is 11.6 Å². The molecular formula is C13H7ClF2N2S. The fourth-order valence-electron chi connectivity index (χ4n) is 1.96. The average Bonchev–Trinajstić information content (AvgIpc) is 2.68. The van der Waals surface area contributed by atoms with Crippen LogP contribution < -0.4 is 0 Å². The molecule has 2 aromatic carbocycles. The minimum Gasteiger partial charge on any atom is -0.330 e. The van der Waals surface area contributed by atoms with E-state index >= 15 is 0 Å². The summed E-state index contributed by atoms with van der Waals surface area (Å²) in [4.78, 5) is 2.88. The van der Waals surface area contributed by atoms with E-state index in [1.165, 1.54) is 24.3 Å². The maximum Gasteiger partial charge on any atom is 0.182 e. The Kier molecular flexibility index (Phi) is 2.88. The number of hydrogen-bond acceptors (Lipinski definition) is 1. The molecule has 1 heterocycles. The first kappa shape index (κ1) is 12.3. The van der Waals surface area contributed by atoms with Crippen molar-refractivity contribution < 1.29 is 8.78 Å². The number of rotatable bonds is 1. The summed E-state index contributed by atoms with van der Waals surface area (Å²) in [5, 5.41) is 0.0427. The third-order valence-electron chi connectivity index (χ3n) is 2.81. The molecule has 0 fully saturated rings. The van der Waals surface area contributed by atoms with Crippen molar-refractivity contribution in [2.45, 2.75) is 0 Å². The van der Waals surface area contributed by atoms with E-state index in [4.69, 9.17) is 23.8 Å². The Bertz CT molecular complexity index is 838. The molecule has 96 valence electrons. The van der Waals surface area contributed by atoms with Gasteiger partial charge in [0.2, 0.25) is 0 Å². The summed E-state index contributed by atoms with van der Waals surface area (Å²) in [6.07, 6.45) is 0. The Balaban J connectivity index is 2.32. The van der Waals surface area contributed by atoms with Crippen LogP contribution in [0.3, 0.4) is 0 Å². The van der Waals surface area contributed by atoms with E-state index < -0.39 is 5.82 Å². The second-order valence-corrected chi connectivity index (χ2v) is 4.82. The van der Waals surface area contributed by atoms with E-state index in [1.807, 2.05) is 0 Å². The third-order valence-corrected chi connectivity index (χ3v) is 3.40. The predicted octanol–water partition coefficient (Wildman–Crippen LogP) is 4.62. The normalized spacial score (nSPS) is 11.1. The van der Waals surface area contributed by atoms with Crippen LogP contribution in [-0.2, 0) is 0 Å². The first-order valence-corrected chi connectivity index (χ1v) is 6.20. The molecule has 6 heteroatoms. The van der Waals surface area contributed by atoms with Crippen molar-refractivity contribution in [1.82, 2.24) is 9.55 Å². The zero-order valence-electron chi connectivity index (χ0n) is 9.45. The smallest absolute Gasteiger partial charge is 0.182 e. The zero-order chi connectivity index (χ0) is 13.6. The van der Waals surface area contributed by atoms with Gasteiger partial charge in [-0.15, -0.1) is 0 Å². The first-order valence-electron chi connectivity index (χ1n) is 5.42. The minimum atomic E-state index is -0.530. The largest absolute Gasteiger partial charge is 0.330 e. The second kappa shape index (κ2) is 4.43. The molecule has 0 bridgehead atoms. The number of benzene rings is 2. The molecule has 0 saturated heterocycles. The molecule has 0 aliphatic rings. The van der Waals surface area contributed by atoms with Crippen LogP contribution in [0.15, 0.2) is 36.4 Å². The van der Waals surface area contributed by atoms with Crippen molar-refractivity contribution in [3.8, 4) is 5.69 Å². The van der Waals surface area contributed by atoms with Gasteiger partial charge in [0.15, 0.2) is 4.77 Å². The molecule has 0 aliphatic heterocycles. The molecule has 0 saturated carbocycles. The fourth-order valence-corrected chi connectivity index (χ4v) is 2.40. The van der Waals surface area contributed by atoms with E-state index in [9.17, 15) is 8.78 Å². The van der Waals surface area contributed by atoms with Crippen LogP contribution in [0.2, 0.25) is 5.02 Å². The molecule has 3 aromatic rings. The molecular weight excluding hydrogens is 290 g/mol. The molecule has 1 aromatic heterocycles. The van der Waals surface area contributed by atoms with Gasteiger partial charge in [-0.25, -0.2) is 8.78 Å². The standard InChI is InChI=1S/C13H7ClF2N2S/c14-9-3-2-8(6-10(9)16)18-12-4-1-7(15)5-11(12)17-13(18)19/h1-6H,(H,17,19). The van der Waals surface area contributed by atoms with Crippen LogP contribution in [0.5, 0.6) is 0 Å². The fraction of sp³-hybridized carbons (Fsp3) is 0. The number of H-pyrrole nitrogens is 1. The van der Waals surface area contributed by atoms with E-state index in [0.29, 0.717) is 21.5 Å². The van der Waals surface area contributed by atoms with Crippen LogP contribution in [0.4, 0.5) is 8.78 Å². The van der Waals surface area contributed by atoms with Crippen molar-refractivity contribution in [3.63, 3.8) is 0 Å². The van der Waals surface area contributed by atoms with Crippen molar-refractivity contribution in [2.75, 3.05) is 0 Å². The molecule has 19 heavy (non-hydrogen) atoms. The zero-order valence-corrected chi connectivity index (χ0v) is 11.0. The van der Waals surface area contributed by atoms with Crippen molar-refractivity contribution in [2.24, 2.45) is 0 Å². The lowest BCUT2D eigenvalue weighted by atomic mass is 10.2. The van der Waals surface area contributed by atoms with Crippen molar-refractivity contribution in [3.05, 3.63) is 57.8 Å². The van der Waals surface area contributed by atoms with E-state index in [1.54, 1.807) is 16.7 Å². The highest BCUT2D eigenvalue weighted by molar-refractivity contribution is 7.71. The first-order chi connectivity index (χ1) is 9.06. The van der Waals surface area contributed by atoms with Crippen LogP contribution in [-0.4, -0.2) is 9.55 Å². The third kappa shape index (κ3) is 2.05. The maximum absolute atomic E-state index is 13.5. The van der Waals surface area contributed by atoms with Gasteiger partial charge in [-0.05, 0) is 48.6 Å². The van der Waals surface area contributed by atoms with Gasteiger partial charge in [-0.3, -0.25) is 4.57 Å². The highest BCUT2D eigenvalue weighted by Gasteiger charge is 2.09. The van der Waals surface area contributed by atoms with Crippen molar-refractivity contribution in [1.29, 1.82) is 0 Å². The Morgan fingerprint density at radius 1 is 1.11 bits per heavy atom. The van der Waals surface area contributed by atoms with E-state index in [2.05, 4.69) is 4.98 Å². The van der Waals surface area contributed by atoms with Gasteiger partial charge in [0.05, 0.1) is 21.7 Å². The van der Waals surface area contributed by atoms with Gasteiger partial charge in [0, 0.05) is 0 Å². The van der Waals surface area contributed by atoms with Gasteiger partial charge in [-0.2, -0.15) is 0 Å². The van der Waals surface area contributed by atoms with E-state index in [0.717, 1.165) is 0 Å². The Labute approximate surface area is 117 Å². The summed E-state index contributed by atoms with van der Waals surface area (Å²) in [5.74, 6) is -0.893. The second-order valence-electron chi connectivity index (χ2n) is 4.03. The van der Waals surface area contributed by atoms with Crippen molar-refractivity contribution >= 4 is 34.9 Å². The molecule has 2 nitrogen and oxygen atoms in total. The summed E-state index contributed by atoms with van der Waals surface area (Å²) < 4.78 is 28.7. The van der Waals surface area contributed by atoms with Crippen LogP contribution in [0.25, 0.3) is 16.7 Å². The van der Waals surface area contributed by atoms with Crippen LogP contribution in [0, 0.1) is 16.4 Å². The molecule has 0 unspecified atom stereocenters. The SMILES string of the molecule is Fc1ccc2c(c1)[nH]c(=S)n2-c1ccc(Cl)c(F)c1. The van der Waals surface area contributed by atoms with E-state index in [-0.39, 0.29) is 10.8 Å². The Morgan fingerprint density at radius 2 is 1.89 bits per heavy atom. The molecule has 3 rings (SSSR count). The summed E-state index contributed by atoms with van der Waals surface area (Å²) >= 11 is 10.8. The molecule has 0 amide bonds. The Morgan fingerprint density at radius 3 is 2.63 bits per heavy atom. The minimum absolute atomic E-state index is 0.0427. The molecule has 0 aliphatic carbocycles. The lowest BCUT2D eigenvalue weighted by molar-refractivity contribution is 0.627. The number of halogens is 3. The number of hydrogen-bond donors (Lipinski definition) is 1. The highest BCUT2D eigenvalue weighted by atomic mass is 35.5. The lowest BCUT2D eigenvalue weighted by Crippen LogP contribution is -1.95. The number of nitrogens with zero attached hydrogens (tertiary/aromatic N) is 1. The monoisotopic (exact) mass is 296 g/mol. The Hall–Kier alpha value is -1.72. The van der Waals surface area contributed by atoms with Crippen LogP contribution >= 0.6 is 23.8 Å². The number of aromatic nitrogens is 2. The molecule has 0 radical (unpaired) electrons. The summed E-state index contributed by atoms with van der Waals surface area (Å²) in [5.41, 5.74) is 1.76. The average molecular weight is 297 g/mol.